The Balaban J connectivity index is 1.32. The van der Waals surface area contributed by atoms with Crippen LogP contribution in [0.3, 0.4) is 0 Å². The monoisotopic (exact) mass is 518 g/mol. The maximum absolute atomic E-state index is 13.6. The number of aryl methyl sites for hydroxylation is 2. The Morgan fingerprint density at radius 1 is 1.11 bits per heavy atom. The molecule has 3 aromatic rings. The third kappa shape index (κ3) is 5.38. The highest BCUT2D eigenvalue weighted by Gasteiger charge is 2.45. The summed E-state index contributed by atoms with van der Waals surface area (Å²) in [7, 11) is 3.44. The van der Waals surface area contributed by atoms with Gasteiger partial charge in [0.05, 0.1) is 32.5 Å². The molecule has 1 spiro atoms. The summed E-state index contributed by atoms with van der Waals surface area (Å²) in [6.45, 7) is 1.60. The fraction of sp³-hybridized carbons (Fsp3) is 0.414. The molecule has 9 heteroatoms. The lowest BCUT2D eigenvalue weighted by atomic mass is 9.91. The number of aromatic nitrogens is 2. The second kappa shape index (κ2) is 11.3. The number of rotatable bonds is 3. The molecule has 1 fully saturated rings. The zero-order valence-electron chi connectivity index (χ0n) is 21.9. The van der Waals surface area contributed by atoms with Crippen LogP contribution in [0, 0.1) is 0 Å². The first-order valence-corrected chi connectivity index (χ1v) is 13.1. The molecule has 1 N–H and O–H groups in total. The third-order valence-electron chi connectivity index (χ3n) is 7.27. The van der Waals surface area contributed by atoms with Crippen molar-refractivity contribution in [1.29, 1.82) is 0 Å². The molecule has 0 bridgehead atoms. The number of carbonyl (C=O) groups is 2. The lowest BCUT2D eigenvalue weighted by molar-refractivity contribution is -0.159. The number of ether oxygens (including phenoxy) is 3. The highest BCUT2D eigenvalue weighted by Crippen LogP contribution is 2.29. The summed E-state index contributed by atoms with van der Waals surface area (Å²) in [5.41, 5.74) is 2.16. The van der Waals surface area contributed by atoms with Crippen molar-refractivity contribution in [1.82, 2.24) is 20.0 Å². The fourth-order valence-corrected chi connectivity index (χ4v) is 5.19. The summed E-state index contributed by atoms with van der Waals surface area (Å²) < 4.78 is 19.0. The van der Waals surface area contributed by atoms with E-state index in [0.29, 0.717) is 31.8 Å². The number of hydrogen-bond donors (Lipinski definition) is 1. The SMILES string of the molecule is COc1ccc(-c2cc(C(=O)N3CCOC4(CCCCc5ccccc5OCCNC4=O)C3)nn2C)cc1. The number of fused-ring (bicyclic) bond motifs is 1. The minimum absolute atomic E-state index is 0.184. The first-order chi connectivity index (χ1) is 18.5. The van der Waals surface area contributed by atoms with E-state index in [-0.39, 0.29) is 25.0 Å². The molecule has 0 saturated carbocycles. The fourth-order valence-electron chi connectivity index (χ4n) is 5.19. The Hall–Kier alpha value is -3.85. The van der Waals surface area contributed by atoms with E-state index >= 15 is 0 Å². The molecule has 9 nitrogen and oxygen atoms in total. The number of carbonyl (C=O) groups excluding carboxylic acids is 2. The molecule has 2 amide bonds. The Labute approximate surface area is 222 Å². The second-order valence-corrected chi connectivity index (χ2v) is 9.76. The molecule has 1 atom stereocenters. The standard InChI is InChI=1S/C29H34N4O5/c1-32-25(21-10-12-23(36-2)13-11-21)19-24(31-32)27(34)33-16-18-38-29(20-33)14-6-5-8-22-7-3-4-9-26(22)37-17-15-30-28(29)35/h3-4,7,9-13,19H,5-6,8,14-18,20H2,1-2H3,(H,30,35). The highest BCUT2D eigenvalue weighted by molar-refractivity contribution is 5.94. The van der Waals surface area contributed by atoms with Gasteiger partial charge in [-0.2, -0.15) is 5.10 Å². The van der Waals surface area contributed by atoms with Gasteiger partial charge < -0.3 is 24.4 Å². The number of nitrogens with zero attached hydrogens (tertiary/aromatic N) is 3. The van der Waals surface area contributed by atoms with Crippen molar-refractivity contribution < 1.29 is 23.8 Å². The molecular formula is C29H34N4O5. The normalized spacial score (nSPS) is 20.5. The maximum Gasteiger partial charge on any atom is 0.274 e. The van der Waals surface area contributed by atoms with Gasteiger partial charge in [-0.15, -0.1) is 0 Å². The van der Waals surface area contributed by atoms with Crippen LogP contribution in [0.5, 0.6) is 11.5 Å². The van der Waals surface area contributed by atoms with Crippen molar-refractivity contribution in [3.05, 3.63) is 65.9 Å². The topological polar surface area (TPSA) is 94.9 Å². The van der Waals surface area contributed by atoms with Gasteiger partial charge in [0, 0.05) is 19.2 Å². The van der Waals surface area contributed by atoms with E-state index in [4.69, 9.17) is 14.2 Å². The zero-order chi connectivity index (χ0) is 26.5. The van der Waals surface area contributed by atoms with E-state index < -0.39 is 5.60 Å². The molecule has 38 heavy (non-hydrogen) atoms. The lowest BCUT2D eigenvalue weighted by Gasteiger charge is -2.41. The minimum atomic E-state index is -1.10. The second-order valence-electron chi connectivity index (χ2n) is 9.76. The average molecular weight is 519 g/mol. The van der Waals surface area contributed by atoms with Crippen molar-refractivity contribution in [2.24, 2.45) is 7.05 Å². The van der Waals surface area contributed by atoms with Crippen LogP contribution in [-0.2, 0) is 23.0 Å². The van der Waals surface area contributed by atoms with Crippen LogP contribution >= 0.6 is 0 Å². The number of amides is 2. The van der Waals surface area contributed by atoms with E-state index in [1.165, 1.54) is 0 Å². The molecule has 3 heterocycles. The van der Waals surface area contributed by atoms with E-state index in [9.17, 15) is 9.59 Å². The number of nitrogens with one attached hydrogen (secondary N) is 1. The predicted molar refractivity (Wildman–Crippen MR) is 142 cm³/mol. The zero-order valence-corrected chi connectivity index (χ0v) is 21.9. The van der Waals surface area contributed by atoms with Gasteiger partial charge in [-0.05, 0) is 67.6 Å². The van der Waals surface area contributed by atoms with E-state index in [2.05, 4.69) is 16.5 Å². The molecule has 200 valence electrons. The Kier molecular flexibility index (Phi) is 7.64. The lowest BCUT2D eigenvalue weighted by Crippen LogP contribution is -2.61. The Bertz CT molecular complexity index is 1290. The quantitative estimate of drug-likeness (QED) is 0.572. The molecule has 1 aromatic heterocycles. The summed E-state index contributed by atoms with van der Waals surface area (Å²) in [5.74, 6) is 1.22. The number of methoxy groups -OCH3 is 1. The van der Waals surface area contributed by atoms with Crippen LogP contribution in [0.15, 0.2) is 54.6 Å². The first kappa shape index (κ1) is 25.8. The van der Waals surface area contributed by atoms with Crippen LogP contribution < -0.4 is 14.8 Å². The van der Waals surface area contributed by atoms with Gasteiger partial charge in [0.15, 0.2) is 11.3 Å². The Morgan fingerprint density at radius 2 is 1.92 bits per heavy atom. The summed E-state index contributed by atoms with van der Waals surface area (Å²) in [4.78, 5) is 28.7. The van der Waals surface area contributed by atoms with Crippen molar-refractivity contribution >= 4 is 11.8 Å². The van der Waals surface area contributed by atoms with Crippen molar-refractivity contribution in [3.63, 3.8) is 0 Å². The van der Waals surface area contributed by atoms with Gasteiger partial charge in [-0.3, -0.25) is 14.3 Å². The van der Waals surface area contributed by atoms with Crippen LogP contribution in [0.4, 0.5) is 0 Å². The number of hydrogen-bond acceptors (Lipinski definition) is 6. The van der Waals surface area contributed by atoms with Gasteiger partial charge in [0.2, 0.25) is 0 Å². The van der Waals surface area contributed by atoms with E-state index in [1.807, 2.05) is 49.5 Å². The van der Waals surface area contributed by atoms with Crippen molar-refractivity contribution in [3.8, 4) is 22.8 Å². The molecule has 0 radical (unpaired) electrons. The largest absolute Gasteiger partial charge is 0.497 e. The Morgan fingerprint density at radius 3 is 2.74 bits per heavy atom. The van der Waals surface area contributed by atoms with Gasteiger partial charge in [0.1, 0.15) is 18.1 Å². The van der Waals surface area contributed by atoms with Crippen LogP contribution in [0.25, 0.3) is 11.3 Å². The summed E-state index contributed by atoms with van der Waals surface area (Å²) in [6.07, 6.45) is 3.07. The first-order valence-electron chi connectivity index (χ1n) is 13.1. The molecule has 2 aliphatic heterocycles. The van der Waals surface area contributed by atoms with E-state index in [0.717, 1.165) is 47.6 Å². The number of para-hydroxylation sites is 1. The van der Waals surface area contributed by atoms with Gasteiger partial charge >= 0.3 is 0 Å². The molecule has 0 aliphatic carbocycles. The smallest absolute Gasteiger partial charge is 0.274 e. The van der Waals surface area contributed by atoms with Crippen LogP contribution in [0.2, 0.25) is 0 Å². The summed E-state index contributed by atoms with van der Waals surface area (Å²) in [5, 5.41) is 7.48. The van der Waals surface area contributed by atoms with Crippen LogP contribution in [-0.4, -0.2) is 72.1 Å². The summed E-state index contributed by atoms with van der Waals surface area (Å²) in [6, 6.07) is 17.4. The average Bonchev–Trinajstić information content (AvgIpc) is 3.34. The molecule has 1 unspecified atom stereocenters. The predicted octanol–water partition coefficient (Wildman–Crippen LogP) is 3.23. The van der Waals surface area contributed by atoms with Gasteiger partial charge in [0.25, 0.3) is 11.8 Å². The summed E-state index contributed by atoms with van der Waals surface area (Å²) >= 11 is 0. The number of morpholine rings is 1. The molecule has 2 aliphatic rings. The maximum atomic E-state index is 13.6. The minimum Gasteiger partial charge on any atom is -0.497 e. The molecule has 1 saturated heterocycles. The van der Waals surface area contributed by atoms with E-state index in [1.54, 1.807) is 22.8 Å². The van der Waals surface area contributed by atoms with Crippen molar-refractivity contribution in [2.75, 3.05) is 40.0 Å². The molecule has 5 rings (SSSR count). The molecular weight excluding hydrogens is 484 g/mol. The third-order valence-corrected chi connectivity index (χ3v) is 7.27. The molecule has 2 aromatic carbocycles. The number of benzene rings is 2. The highest BCUT2D eigenvalue weighted by atomic mass is 16.5. The van der Waals surface area contributed by atoms with Gasteiger partial charge in [-0.1, -0.05) is 18.2 Å². The van der Waals surface area contributed by atoms with Crippen LogP contribution in [0.1, 0.15) is 35.3 Å². The van der Waals surface area contributed by atoms with Gasteiger partial charge in [-0.25, -0.2) is 0 Å². The van der Waals surface area contributed by atoms with Crippen molar-refractivity contribution in [2.45, 2.75) is 31.3 Å².